The number of ether oxygens (including phenoxy) is 1. The van der Waals surface area contributed by atoms with E-state index in [2.05, 4.69) is 34.4 Å². The van der Waals surface area contributed by atoms with Crippen molar-refractivity contribution in [3.63, 3.8) is 0 Å². The standard InChI is InChI=1S/C13H14N2O/c1-9-15-11(8-16-9)6-10-7-14-13-5-3-2-4-12(10)13/h2-5,7,11,14H,6,8H2,1H3/t11-/m0/s1. The number of aliphatic imine (C=N–C) groups is 1. The second-order valence-electron chi connectivity index (χ2n) is 4.18. The highest BCUT2D eigenvalue weighted by atomic mass is 16.5. The lowest BCUT2D eigenvalue weighted by Crippen LogP contribution is -2.09. The molecule has 1 atom stereocenters. The van der Waals surface area contributed by atoms with Crippen LogP contribution < -0.4 is 0 Å². The van der Waals surface area contributed by atoms with Crippen molar-refractivity contribution in [2.24, 2.45) is 4.99 Å². The van der Waals surface area contributed by atoms with Gasteiger partial charge >= 0.3 is 0 Å². The summed E-state index contributed by atoms with van der Waals surface area (Å²) in [7, 11) is 0. The Morgan fingerprint density at radius 2 is 2.31 bits per heavy atom. The summed E-state index contributed by atoms with van der Waals surface area (Å²) in [6.45, 7) is 2.63. The van der Waals surface area contributed by atoms with Crippen molar-refractivity contribution in [1.29, 1.82) is 0 Å². The number of para-hydroxylation sites is 1. The zero-order chi connectivity index (χ0) is 11.0. The maximum Gasteiger partial charge on any atom is 0.180 e. The highest BCUT2D eigenvalue weighted by molar-refractivity contribution is 5.83. The lowest BCUT2D eigenvalue weighted by Gasteiger charge is -2.03. The Morgan fingerprint density at radius 3 is 3.12 bits per heavy atom. The number of aromatic nitrogens is 1. The third-order valence-corrected chi connectivity index (χ3v) is 2.98. The number of hydrogen-bond acceptors (Lipinski definition) is 2. The topological polar surface area (TPSA) is 37.4 Å². The van der Waals surface area contributed by atoms with Crippen LogP contribution in [-0.4, -0.2) is 23.5 Å². The van der Waals surface area contributed by atoms with Crippen molar-refractivity contribution in [2.45, 2.75) is 19.4 Å². The number of nitrogens with zero attached hydrogens (tertiary/aromatic N) is 1. The van der Waals surface area contributed by atoms with E-state index in [0.29, 0.717) is 6.61 Å². The number of H-pyrrole nitrogens is 1. The summed E-state index contributed by atoms with van der Waals surface area (Å²) in [4.78, 5) is 7.73. The number of aromatic amines is 1. The van der Waals surface area contributed by atoms with Gasteiger partial charge in [0.15, 0.2) is 5.90 Å². The van der Waals surface area contributed by atoms with Gasteiger partial charge in [-0.1, -0.05) is 18.2 Å². The molecule has 2 aromatic rings. The van der Waals surface area contributed by atoms with Gasteiger partial charge in [0.05, 0.1) is 6.04 Å². The lowest BCUT2D eigenvalue weighted by molar-refractivity contribution is 0.314. The van der Waals surface area contributed by atoms with Gasteiger partial charge in [-0.2, -0.15) is 0 Å². The number of nitrogens with one attached hydrogen (secondary N) is 1. The Morgan fingerprint density at radius 1 is 1.44 bits per heavy atom. The first-order chi connectivity index (χ1) is 7.83. The molecule has 0 fully saturated rings. The van der Waals surface area contributed by atoms with E-state index in [1.165, 1.54) is 16.5 Å². The normalized spacial score (nSPS) is 19.8. The van der Waals surface area contributed by atoms with Crippen LogP contribution >= 0.6 is 0 Å². The van der Waals surface area contributed by atoms with Crippen LogP contribution in [0.5, 0.6) is 0 Å². The molecule has 16 heavy (non-hydrogen) atoms. The quantitative estimate of drug-likeness (QED) is 0.819. The Balaban J connectivity index is 1.89. The first-order valence-electron chi connectivity index (χ1n) is 5.55. The van der Waals surface area contributed by atoms with E-state index in [-0.39, 0.29) is 6.04 Å². The van der Waals surface area contributed by atoms with Crippen molar-refractivity contribution < 1.29 is 4.74 Å². The van der Waals surface area contributed by atoms with Crippen molar-refractivity contribution in [1.82, 2.24) is 4.98 Å². The predicted octanol–water partition coefficient (Wildman–Crippen LogP) is 2.53. The maximum absolute atomic E-state index is 5.37. The number of fused-ring (bicyclic) bond motifs is 1. The molecule has 0 aliphatic carbocycles. The predicted molar refractivity (Wildman–Crippen MR) is 64.9 cm³/mol. The fourth-order valence-corrected chi connectivity index (χ4v) is 2.21. The third-order valence-electron chi connectivity index (χ3n) is 2.98. The van der Waals surface area contributed by atoms with Crippen LogP contribution in [-0.2, 0) is 11.2 Å². The van der Waals surface area contributed by atoms with Crippen molar-refractivity contribution in [3.05, 3.63) is 36.0 Å². The van der Waals surface area contributed by atoms with Crippen LogP contribution in [0.1, 0.15) is 12.5 Å². The van der Waals surface area contributed by atoms with Gasteiger partial charge in [0.2, 0.25) is 0 Å². The Labute approximate surface area is 94.1 Å². The molecule has 0 amide bonds. The van der Waals surface area contributed by atoms with Gasteiger partial charge in [0.25, 0.3) is 0 Å². The first-order valence-corrected chi connectivity index (χ1v) is 5.55. The molecule has 0 spiro atoms. The van der Waals surface area contributed by atoms with E-state index in [9.17, 15) is 0 Å². The van der Waals surface area contributed by atoms with Gasteiger partial charge in [0.1, 0.15) is 6.61 Å². The molecule has 82 valence electrons. The maximum atomic E-state index is 5.37. The molecule has 0 bridgehead atoms. The van der Waals surface area contributed by atoms with E-state index in [1.807, 2.05) is 13.0 Å². The smallest absolute Gasteiger partial charge is 0.180 e. The largest absolute Gasteiger partial charge is 0.479 e. The molecular formula is C13H14N2O. The third kappa shape index (κ3) is 1.58. The Kier molecular flexibility index (Phi) is 2.17. The highest BCUT2D eigenvalue weighted by Crippen LogP contribution is 2.21. The average molecular weight is 214 g/mol. The fraction of sp³-hybridized carbons (Fsp3) is 0.308. The lowest BCUT2D eigenvalue weighted by atomic mass is 10.1. The zero-order valence-electron chi connectivity index (χ0n) is 9.23. The fourth-order valence-electron chi connectivity index (χ4n) is 2.21. The molecule has 3 heteroatoms. The molecule has 3 nitrogen and oxygen atoms in total. The molecule has 0 saturated heterocycles. The van der Waals surface area contributed by atoms with Gasteiger partial charge in [-0.15, -0.1) is 0 Å². The van der Waals surface area contributed by atoms with Gasteiger partial charge in [-0.05, 0) is 11.6 Å². The van der Waals surface area contributed by atoms with Crippen LogP contribution in [0.3, 0.4) is 0 Å². The average Bonchev–Trinajstić information content (AvgIpc) is 2.87. The van der Waals surface area contributed by atoms with Crippen molar-refractivity contribution in [2.75, 3.05) is 6.61 Å². The van der Waals surface area contributed by atoms with Gasteiger partial charge in [0, 0.05) is 30.4 Å². The summed E-state index contributed by atoms with van der Waals surface area (Å²) in [6, 6.07) is 8.63. The monoisotopic (exact) mass is 214 g/mol. The molecule has 0 radical (unpaired) electrons. The molecule has 1 aliphatic heterocycles. The van der Waals surface area contributed by atoms with Gasteiger partial charge in [-0.25, -0.2) is 4.99 Å². The molecular weight excluding hydrogens is 200 g/mol. The molecule has 0 unspecified atom stereocenters. The molecule has 1 aromatic carbocycles. The first kappa shape index (κ1) is 9.46. The highest BCUT2D eigenvalue weighted by Gasteiger charge is 2.17. The molecule has 2 heterocycles. The van der Waals surface area contributed by atoms with Gasteiger partial charge < -0.3 is 9.72 Å². The van der Waals surface area contributed by atoms with E-state index in [4.69, 9.17) is 4.74 Å². The second kappa shape index (κ2) is 3.67. The summed E-state index contributed by atoms with van der Waals surface area (Å²) >= 11 is 0. The van der Waals surface area contributed by atoms with Gasteiger partial charge in [-0.3, -0.25) is 0 Å². The number of benzene rings is 1. The molecule has 0 saturated carbocycles. The SMILES string of the molecule is CC1=N[C@@H](Cc2c[nH]c3ccccc23)CO1. The number of rotatable bonds is 2. The zero-order valence-corrected chi connectivity index (χ0v) is 9.23. The summed E-state index contributed by atoms with van der Waals surface area (Å²) in [5.41, 5.74) is 2.51. The summed E-state index contributed by atoms with van der Waals surface area (Å²) in [5.74, 6) is 0.810. The van der Waals surface area contributed by atoms with Crippen LogP contribution in [0.2, 0.25) is 0 Å². The van der Waals surface area contributed by atoms with E-state index < -0.39 is 0 Å². The Bertz CT molecular complexity index is 542. The minimum atomic E-state index is 0.277. The van der Waals surface area contributed by atoms with Crippen LogP contribution in [0.15, 0.2) is 35.5 Å². The summed E-state index contributed by atoms with van der Waals surface area (Å²) in [6.07, 6.45) is 3.02. The van der Waals surface area contributed by atoms with Crippen molar-refractivity contribution in [3.8, 4) is 0 Å². The van der Waals surface area contributed by atoms with Crippen molar-refractivity contribution >= 4 is 16.8 Å². The molecule has 1 aliphatic rings. The minimum absolute atomic E-state index is 0.277. The Hall–Kier alpha value is -1.77. The number of hydrogen-bond donors (Lipinski definition) is 1. The van der Waals surface area contributed by atoms with Crippen LogP contribution in [0.25, 0.3) is 10.9 Å². The van der Waals surface area contributed by atoms with E-state index in [0.717, 1.165) is 12.3 Å². The minimum Gasteiger partial charge on any atom is -0.479 e. The van der Waals surface area contributed by atoms with Crippen LogP contribution in [0.4, 0.5) is 0 Å². The molecule has 1 aromatic heterocycles. The second-order valence-corrected chi connectivity index (χ2v) is 4.18. The van der Waals surface area contributed by atoms with E-state index in [1.54, 1.807) is 0 Å². The van der Waals surface area contributed by atoms with Crippen LogP contribution in [0, 0.1) is 0 Å². The molecule has 1 N–H and O–H groups in total. The summed E-state index contributed by atoms with van der Waals surface area (Å²) in [5, 5.41) is 1.29. The van der Waals surface area contributed by atoms with E-state index >= 15 is 0 Å². The molecule has 3 rings (SSSR count). The summed E-state index contributed by atoms with van der Waals surface area (Å²) < 4.78 is 5.37.